The smallest absolute Gasteiger partial charge is 0.246 e. The van der Waals surface area contributed by atoms with E-state index in [1.54, 1.807) is 12.3 Å². The fraction of sp³-hybridized carbons (Fsp3) is 0.269. The van der Waals surface area contributed by atoms with Gasteiger partial charge in [-0.2, -0.15) is 0 Å². The summed E-state index contributed by atoms with van der Waals surface area (Å²) in [7, 11) is 0. The lowest BCUT2D eigenvalue weighted by atomic mass is 10.1. The van der Waals surface area contributed by atoms with E-state index in [0.717, 1.165) is 29.9 Å². The number of hydrogen-bond donors (Lipinski definition) is 1. The third-order valence-electron chi connectivity index (χ3n) is 5.56. The van der Waals surface area contributed by atoms with Gasteiger partial charge in [0.2, 0.25) is 11.8 Å². The monoisotopic (exact) mass is 459 g/mol. The highest BCUT2D eigenvalue weighted by Gasteiger charge is 2.18. The number of carbonyl (C=O) groups excluding carboxylic acids is 1. The van der Waals surface area contributed by atoms with E-state index in [-0.39, 0.29) is 18.1 Å². The molecule has 2 aromatic heterocycles. The SMILES string of the molecule is CC(=O)NC(C)c1ccc2nc(-c3ccc(Oc4cccc(OCC5CCO5)c4)cn3)oc2c1. The fourth-order valence-electron chi connectivity index (χ4n) is 3.64. The van der Waals surface area contributed by atoms with Crippen LogP contribution in [0.15, 0.2) is 65.2 Å². The molecule has 5 rings (SSSR count). The molecule has 1 aliphatic rings. The van der Waals surface area contributed by atoms with Crippen molar-refractivity contribution in [2.45, 2.75) is 32.4 Å². The molecule has 1 saturated heterocycles. The van der Waals surface area contributed by atoms with Crippen molar-refractivity contribution in [1.82, 2.24) is 15.3 Å². The van der Waals surface area contributed by atoms with Gasteiger partial charge >= 0.3 is 0 Å². The quantitative estimate of drug-likeness (QED) is 0.394. The maximum Gasteiger partial charge on any atom is 0.246 e. The van der Waals surface area contributed by atoms with E-state index in [1.165, 1.54) is 6.92 Å². The van der Waals surface area contributed by atoms with Crippen LogP contribution in [-0.2, 0) is 9.53 Å². The first kappa shape index (κ1) is 21.9. The van der Waals surface area contributed by atoms with Gasteiger partial charge in [0.1, 0.15) is 35.1 Å². The molecule has 1 amide bonds. The van der Waals surface area contributed by atoms with E-state index in [2.05, 4.69) is 15.3 Å². The number of ether oxygens (including phenoxy) is 3. The van der Waals surface area contributed by atoms with Crippen LogP contribution < -0.4 is 14.8 Å². The third-order valence-corrected chi connectivity index (χ3v) is 5.56. The minimum Gasteiger partial charge on any atom is -0.491 e. The number of aromatic nitrogens is 2. The second kappa shape index (κ2) is 9.52. The molecule has 0 aliphatic carbocycles. The molecule has 2 unspecified atom stereocenters. The van der Waals surface area contributed by atoms with E-state index < -0.39 is 0 Å². The molecule has 3 heterocycles. The van der Waals surface area contributed by atoms with Crippen molar-refractivity contribution in [3.63, 3.8) is 0 Å². The summed E-state index contributed by atoms with van der Waals surface area (Å²) in [4.78, 5) is 20.3. The fourth-order valence-corrected chi connectivity index (χ4v) is 3.64. The Balaban J connectivity index is 1.27. The van der Waals surface area contributed by atoms with Crippen molar-refractivity contribution in [3.8, 4) is 28.8 Å². The van der Waals surface area contributed by atoms with Crippen LogP contribution in [0.2, 0.25) is 0 Å². The van der Waals surface area contributed by atoms with Crippen molar-refractivity contribution < 1.29 is 23.4 Å². The van der Waals surface area contributed by atoms with E-state index in [4.69, 9.17) is 18.6 Å². The Kier molecular flexibility index (Phi) is 6.14. The van der Waals surface area contributed by atoms with E-state index >= 15 is 0 Å². The Hall–Kier alpha value is -3.91. The van der Waals surface area contributed by atoms with Gasteiger partial charge in [-0.1, -0.05) is 12.1 Å². The minimum absolute atomic E-state index is 0.0834. The highest BCUT2D eigenvalue weighted by atomic mass is 16.5. The molecule has 1 N–H and O–H groups in total. The van der Waals surface area contributed by atoms with Crippen LogP contribution in [0.1, 0.15) is 31.9 Å². The van der Waals surface area contributed by atoms with E-state index in [9.17, 15) is 4.79 Å². The lowest BCUT2D eigenvalue weighted by molar-refractivity contribution is -0.119. The number of oxazole rings is 1. The maximum atomic E-state index is 11.3. The van der Waals surface area contributed by atoms with Gasteiger partial charge in [-0.15, -0.1) is 0 Å². The number of benzene rings is 2. The van der Waals surface area contributed by atoms with Gasteiger partial charge < -0.3 is 23.9 Å². The minimum atomic E-state index is -0.125. The lowest BCUT2D eigenvalue weighted by Crippen LogP contribution is -2.32. The topological polar surface area (TPSA) is 95.7 Å². The van der Waals surface area contributed by atoms with Gasteiger partial charge in [0.25, 0.3) is 0 Å². The van der Waals surface area contributed by atoms with Crippen LogP contribution in [0.4, 0.5) is 0 Å². The maximum absolute atomic E-state index is 11.3. The molecule has 0 spiro atoms. The molecule has 4 aromatic rings. The molecule has 8 nitrogen and oxygen atoms in total. The van der Waals surface area contributed by atoms with E-state index in [1.807, 2.05) is 55.5 Å². The Morgan fingerprint density at radius 1 is 1.15 bits per heavy atom. The number of amides is 1. The molecule has 0 bridgehead atoms. The van der Waals surface area contributed by atoms with Gasteiger partial charge in [-0.05, 0) is 48.9 Å². The summed E-state index contributed by atoms with van der Waals surface area (Å²) < 4.78 is 23.0. The lowest BCUT2D eigenvalue weighted by Gasteiger charge is -2.26. The molecule has 2 atom stereocenters. The summed E-state index contributed by atoms with van der Waals surface area (Å²) >= 11 is 0. The summed E-state index contributed by atoms with van der Waals surface area (Å²) in [6, 6.07) is 16.7. The average molecular weight is 460 g/mol. The first-order chi connectivity index (χ1) is 16.5. The molecule has 0 radical (unpaired) electrons. The van der Waals surface area contributed by atoms with Gasteiger partial charge in [0.15, 0.2) is 5.58 Å². The van der Waals surface area contributed by atoms with Gasteiger partial charge in [0, 0.05) is 26.0 Å². The van der Waals surface area contributed by atoms with Crippen molar-refractivity contribution in [3.05, 3.63) is 66.4 Å². The molecule has 1 aliphatic heterocycles. The predicted molar refractivity (Wildman–Crippen MR) is 126 cm³/mol. The largest absolute Gasteiger partial charge is 0.491 e. The second-order valence-corrected chi connectivity index (χ2v) is 8.22. The summed E-state index contributed by atoms with van der Waals surface area (Å²) in [6.45, 7) is 4.77. The second-order valence-electron chi connectivity index (χ2n) is 8.22. The molecule has 8 heteroatoms. The van der Waals surface area contributed by atoms with Gasteiger partial charge in [0.05, 0.1) is 18.3 Å². The first-order valence-electron chi connectivity index (χ1n) is 11.2. The Bertz CT molecular complexity index is 1300. The third kappa shape index (κ3) is 5.02. The van der Waals surface area contributed by atoms with Crippen molar-refractivity contribution in [2.75, 3.05) is 13.2 Å². The van der Waals surface area contributed by atoms with Crippen LogP contribution in [0.25, 0.3) is 22.7 Å². The highest BCUT2D eigenvalue weighted by molar-refractivity contribution is 5.77. The standard InChI is InChI=1S/C26H25N3O5/c1-16(28-17(2)30)18-6-8-23-25(12-18)34-26(29-23)24-9-7-21(14-27-24)33-20-5-3-4-19(13-20)32-15-22-10-11-31-22/h3-9,12-14,16,22H,10-11,15H2,1-2H3,(H,28,30). The molecular formula is C26H25N3O5. The van der Waals surface area contributed by atoms with Crippen LogP contribution in [0.5, 0.6) is 17.2 Å². The number of rotatable bonds is 8. The average Bonchev–Trinajstić information content (AvgIpc) is 3.22. The number of hydrogen-bond acceptors (Lipinski definition) is 7. The number of carbonyl (C=O) groups is 1. The summed E-state index contributed by atoms with van der Waals surface area (Å²) in [5, 5.41) is 2.87. The molecule has 34 heavy (non-hydrogen) atoms. The molecule has 2 aromatic carbocycles. The number of fused-ring (bicyclic) bond motifs is 1. The van der Waals surface area contributed by atoms with Crippen molar-refractivity contribution >= 4 is 17.0 Å². The molecule has 174 valence electrons. The number of nitrogens with zero attached hydrogens (tertiary/aromatic N) is 2. The van der Waals surface area contributed by atoms with Gasteiger partial charge in [-0.25, -0.2) is 9.97 Å². The summed E-state index contributed by atoms with van der Waals surface area (Å²) in [6.07, 6.45) is 2.84. The zero-order valence-corrected chi connectivity index (χ0v) is 19.0. The predicted octanol–water partition coefficient (Wildman–Crippen LogP) is 5.05. The Labute approximate surface area is 196 Å². The van der Waals surface area contributed by atoms with Crippen LogP contribution in [-0.4, -0.2) is 35.2 Å². The van der Waals surface area contributed by atoms with Crippen molar-refractivity contribution in [1.29, 1.82) is 0 Å². The van der Waals surface area contributed by atoms with Crippen LogP contribution in [0.3, 0.4) is 0 Å². The molecule has 0 saturated carbocycles. The summed E-state index contributed by atoms with van der Waals surface area (Å²) in [5.41, 5.74) is 2.89. The molecule has 1 fully saturated rings. The van der Waals surface area contributed by atoms with E-state index in [0.29, 0.717) is 35.3 Å². The zero-order chi connectivity index (χ0) is 23.5. The number of pyridine rings is 1. The Morgan fingerprint density at radius 3 is 2.74 bits per heavy atom. The first-order valence-corrected chi connectivity index (χ1v) is 11.2. The van der Waals surface area contributed by atoms with Crippen LogP contribution >= 0.6 is 0 Å². The Morgan fingerprint density at radius 2 is 2.00 bits per heavy atom. The number of nitrogens with one attached hydrogen (secondary N) is 1. The van der Waals surface area contributed by atoms with Gasteiger partial charge in [-0.3, -0.25) is 4.79 Å². The molecular weight excluding hydrogens is 434 g/mol. The zero-order valence-electron chi connectivity index (χ0n) is 19.0. The summed E-state index contributed by atoms with van der Waals surface area (Å²) in [5.74, 6) is 2.31. The van der Waals surface area contributed by atoms with Crippen molar-refractivity contribution in [2.24, 2.45) is 0 Å². The normalized spacial score (nSPS) is 16.0. The highest BCUT2D eigenvalue weighted by Crippen LogP contribution is 2.29. The van der Waals surface area contributed by atoms with Crippen LogP contribution in [0, 0.1) is 0 Å².